The molecule has 2 rings (SSSR count). The van der Waals surface area contributed by atoms with E-state index >= 15 is 0 Å². The molecule has 0 fully saturated rings. The van der Waals surface area contributed by atoms with Gasteiger partial charge in [0.05, 0.1) is 4.88 Å². The van der Waals surface area contributed by atoms with Gasteiger partial charge in [0, 0.05) is 0 Å². The van der Waals surface area contributed by atoms with Gasteiger partial charge in [-0.1, -0.05) is 6.07 Å². The Morgan fingerprint density at radius 1 is 1.29 bits per heavy atom. The Balaban J connectivity index is 2.18. The van der Waals surface area contributed by atoms with Gasteiger partial charge in [-0.3, -0.25) is 9.59 Å². The predicted octanol–water partition coefficient (Wildman–Crippen LogP) is 2.26. The topological polar surface area (TPSA) is 76.5 Å². The molecule has 0 atom stereocenters. The Hall–Kier alpha value is -1.44. The number of nitrogens with zero attached hydrogens (tertiary/aromatic N) is 1. The molecule has 5 nitrogen and oxygen atoms in total. The van der Waals surface area contributed by atoms with E-state index in [1.54, 1.807) is 23.6 Å². The minimum atomic E-state index is -0.686. The molecule has 2 heterocycles. The molecular formula is C10H7BrN2O3S. The van der Waals surface area contributed by atoms with Crippen molar-refractivity contribution in [2.24, 2.45) is 5.84 Å². The molecule has 0 radical (unpaired) electrons. The number of imide groups is 1. The predicted molar refractivity (Wildman–Crippen MR) is 65.4 cm³/mol. The highest BCUT2D eigenvalue weighted by atomic mass is 79.9. The van der Waals surface area contributed by atoms with Gasteiger partial charge in [0.1, 0.15) is 0 Å². The second-order valence-corrected chi connectivity index (χ2v) is 4.79. The average Bonchev–Trinajstić information content (AvgIpc) is 2.96. The third kappa shape index (κ3) is 2.46. The maximum Gasteiger partial charge on any atom is 0.310 e. The first-order valence-corrected chi connectivity index (χ1v) is 6.19. The molecule has 2 aromatic rings. The van der Waals surface area contributed by atoms with Gasteiger partial charge in [-0.15, -0.1) is 11.3 Å². The minimum Gasteiger partial charge on any atom is -0.444 e. The number of carbonyl (C=O) groups is 2. The van der Waals surface area contributed by atoms with E-state index in [1.807, 2.05) is 0 Å². The summed E-state index contributed by atoms with van der Waals surface area (Å²) in [5.41, 5.74) is 0. The lowest BCUT2D eigenvalue weighted by Gasteiger charge is -2.11. The van der Waals surface area contributed by atoms with Crippen LogP contribution < -0.4 is 5.84 Å². The number of furan rings is 1. The van der Waals surface area contributed by atoms with Gasteiger partial charge in [-0.2, -0.15) is 0 Å². The summed E-state index contributed by atoms with van der Waals surface area (Å²) in [4.78, 5) is 23.9. The van der Waals surface area contributed by atoms with Crippen molar-refractivity contribution in [3.05, 3.63) is 45.0 Å². The number of rotatable bonds is 2. The van der Waals surface area contributed by atoms with Gasteiger partial charge in [-0.05, 0) is 39.5 Å². The Morgan fingerprint density at radius 3 is 2.59 bits per heavy atom. The van der Waals surface area contributed by atoms with Crippen LogP contribution >= 0.6 is 27.3 Å². The Bertz CT molecular complexity index is 550. The minimum absolute atomic E-state index is 0.00396. The third-order valence-electron chi connectivity index (χ3n) is 1.95. The van der Waals surface area contributed by atoms with Crippen molar-refractivity contribution in [2.75, 3.05) is 0 Å². The number of halogens is 1. The Labute approximate surface area is 109 Å². The number of carbonyl (C=O) groups excluding carboxylic acids is 2. The Morgan fingerprint density at radius 2 is 2.06 bits per heavy atom. The summed E-state index contributed by atoms with van der Waals surface area (Å²) in [7, 11) is 0. The van der Waals surface area contributed by atoms with Crippen LogP contribution in [0.1, 0.15) is 20.2 Å². The lowest BCUT2D eigenvalue weighted by Crippen LogP contribution is -2.42. The summed E-state index contributed by atoms with van der Waals surface area (Å²) in [6.45, 7) is 0. The monoisotopic (exact) mass is 314 g/mol. The normalized spacial score (nSPS) is 10.2. The fraction of sp³-hybridized carbons (Fsp3) is 0. The molecule has 0 aromatic carbocycles. The quantitative estimate of drug-likeness (QED) is 0.399. The van der Waals surface area contributed by atoms with Gasteiger partial charge in [-0.25, -0.2) is 10.9 Å². The fourth-order valence-corrected chi connectivity index (χ4v) is 2.13. The molecule has 0 spiro atoms. The standard InChI is InChI=1S/C10H7BrN2O3S/c11-8-4-3-6(16-8)9(14)13(12)10(15)7-2-1-5-17-7/h1-5H,12H2. The van der Waals surface area contributed by atoms with E-state index in [0.29, 0.717) is 14.6 Å². The van der Waals surface area contributed by atoms with Crippen LogP contribution in [0, 0.1) is 0 Å². The number of nitrogens with two attached hydrogens (primary N) is 1. The number of hydrogen-bond acceptors (Lipinski definition) is 5. The number of hydrogen-bond donors (Lipinski definition) is 1. The zero-order chi connectivity index (χ0) is 12.4. The van der Waals surface area contributed by atoms with Crippen molar-refractivity contribution < 1.29 is 14.0 Å². The van der Waals surface area contributed by atoms with Crippen LogP contribution in [0.15, 0.2) is 38.7 Å². The highest BCUT2D eigenvalue weighted by Crippen LogP contribution is 2.16. The highest BCUT2D eigenvalue weighted by Gasteiger charge is 2.24. The first-order valence-electron chi connectivity index (χ1n) is 4.52. The van der Waals surface area contributed by atoms with Crippen molar-refractivity contribution in [1.82, 2.24) is 5.01 Å². The molecule has 17 heavy (non-hydrogen) atoms. The fourth-order valence-electron chi connectivity index (χ4n) is 1.16. The maximum atomic E-state index is 11.8. The first kappa shape index (κ1) is 12.0. The van der Waals surface area contributed by atoms with Crippen molar-refractivity contribution in [3.63, 3.8) is 0 Å². The van der Waals surface area contributed by atoms with E-state index in [4.69, 9.17) is 10.3 Å². The smallest absolute Gasteiger partial charge is 0.310 e. The maximum absolute atomic E-state index is 11.8. The molecule has 2 amide bonds. The highest BCUT2D eigenvalue weighted by molar-refractivity contribution is 9.10. The molecule has 7 heteroatoms. The largest absolute Gasteiger partial charge is 0.444 e. The lowest BCUT2D eigenvalue weighted by atomic mass is 10.4. The second-order valence-electron chi connectivity index (χ2n) is 3.06. The molecule has 0 saturated heterocycles. The molecule has 0 bridgehead atoms. The molecule has 88 valence electrons. The van der Waals surface area contributed by atoms with Gasteiger partial charge in [0.15, 0.2) is 10.4 Å². The molecule has 2 aromatic heterocycles. The first-order chi connectivity index (χ1) is 8.09. The van der Waals surface area contributed by atoms with E-state index in [1.165, 1.54) is 17.4 Å². The summed E-state index contributed by atoms with van der Waals surface area (Å²) >= 11 is 4.28. The summed E-state index contributed by atoms with van der Waals surface area (Å²) in [6.07, 6.45) is 0. The number of thiophene rings is 1. The van der Waals surface area contributed by atoms with Crippen LogP contribution in [0.4, 0.5) is 0 Å². The van der Waals surface area contributed by atoms with Gasteiger partial charge >= 0.3 is 5.91 Å². The van der Waals surface area contributed by atoms with E-state index in [9.17, 15) is 9.59 Å². The summed E-state index contributed by atoms with van der Waals surface area (Å²) in [6, 6.07) is 6.29. The molecule has 0 unspecified atom stereocenters. The van der Waals surface area contributed by atoms with Crippen molar-refractivity contribution in [3.8, 4) is 0 Å². The SMILES string of the molecule is NN(C(=O)c1ccc(Br)o1)C(=O)c1cccs1. The van der Waals surface area contributed by atoms with Crippen molar-refractivity contribution in [2.45, 2.75) is 0 Å². The molecule has 0 saturated carbocycles. The molecule has 0 aliphatic rings. The van der Waals surface area contributed by atoms with Crippen molar-refractivity contribution >= 4 is 39.1 Å². The van der Waals surface area contributed by atoms with Crippen LogP contribution in [0.2, 0.25) is 0 Å². The van der Waals surface area contributed by atoms with E-state index in [-0.39, 0.29) is 5.76 Å². The Kier molecular flexibility index (Phi) is 3.41. The van der Waals surface area contributed by atoms with Crippen molar-refractivity contribution in [1.29, 1.82) is 0 Å². The summed E-state index contributed by atoms with van der Waals surface area (Å²) < 4.78 is 5.43. The molecule has 2 N–H and O–H groups in total. The van der Waals surface area contributed by atoms with Gasteiger partial charge < -0.3 is 4.42 Å². The average molecular weight is 315 g/mol. The zero-order valence-electron chi connectivity index (χ0n) is 8.42. The lowest BCUT2D eigenvalue weighted by molar-refractivity contribution is 0.0598. The molecular weight excluding hydrogens is 308 g/mol. The molecule has 0 aliphatic carbocycles. The van der Waals surface area contributed by atoms with Crippen LogP contribution in [-0.4, -0.2) is 16.8 Å². The van der Waals surface area contributed by atoms with E-state index in [0.717, 1.165) is 0 Å². The van der Waals surface area contributed by atoms with E-state index in [2.05, 4.69) is 15.9 Å². The van der Waals surface area contributed by atoms with Gasteiger partial charge in [0.25, 0.3) is 5.91 Å². The van der Waals surface area contributed by atoms with Crippen LogP contribution in [0.25, 0.3) is 0 Å². The zero-order valence-corrected chi connectivity index (χ0v) is 10.8. The summed E-state index contributed by atoms with van der Waals surface area (Å²) in [5.74, 6) is 4.22. The van der Waals surface area contributed by atoms with Crippen LogP contribution in [0.5, 0.6) is 0 Å². The van der Waals surface area contributed by atoms with Gasteiger partial charge in [0.2, 0.25) is 0 Å². The third-order valence-corrected chi connectivity index (χ3v) is 3.24. The van der Waals surface area contributed by atoms with E-state index < -0.39 is 11.8 Å². The number of hydrazine groups is 1. The molecule has 0 aliphatic heterocycles. The summed E-state index contributed by atoms with van der Waals surface area (Å²) in [5, 5.41) is 2.27. The second kappa shape index (κ2) is 4.82. The van der Waals surface area contributed by atoms with Crippen LogP contribution in [-0.2, 0) is 0 Å². The van der Waals surface area contributed by atoms with Crippen LogP contribution in [0.3, 0.4) is 0 Å². The number of amides is 2.